The molecule has 0 aliphatic rings. The number of carbonyl (C=O) groups is 4. The Kier molecular flexibility index (Phi) is 52.5. The Bertz CT molecular complexity index is 1580. The monoisotopic (exact) mass is 1180 g/mol. The quantitative estimate of drug-likeness (QED) is 0.0222. The Morgan fingerprint density at radius 2 is 0.575 bits per heavy atom. The molecule has 0 aliphatic carbocycles. The van der Waals surface area contributed by atoms with Crippen LogP contribution in [0.2, 0.25) is 0 Å². The lowest BCUT2D eigenvalue weighted by Crippen LogP contribution is -2.30. The average Bonchev–Trinajstić information content (AvgIpc) is 3.41. The molecule has 19 heteroatoms. The van der Waals surface area contributed by atoms with E-state index in [0.717, 1.165) is 96.3 Å². The van der Waals surface area contributed by atoms with E-state index >= 15 is 0 Å². The van der Waals surface area contributed by atoms with Crippen LogP contribution in [-0.4, -0.2) is 96.7 Å². The van der Waals surface area contributed by atoms with Crippen LogP contribution < -0.4 is 0 Å². The summed E-state index contributed by atoms with van der Waals surface area (Å²) >= 11 is 0. The summed E-state index contributed by atoms with van der Waals surface area (Å²) in [5.74, 6) is -0.740. The van der Waals surface area contributed by atoms with Crippen molar-refractivity contribution in [2.24, 2.45) is 11.8 Å². The van der Waals surface area contributed by atoms with E-state index in [-0.39, 0.29) is 25.7 Å². The maximum absolute atomic E-state index is 12.9. The molecule has 0 bridgehead atoms. The molecule has 0 amide bonds. The second-order valence-corrected chi connectivity index (χ2v) is 25.9. The Hall–Kier alpha value is -1.94. The number of aliphatic hydroxyl groups excluding tert-OH is 1. The van der Waals surface area contributed by atoms with Gasteiger partial charge in [0.05, 0.1) is 26.4 Å². The summed E-state index contributed by atoms with van der Waals surface area (Å²) < 4.78 is 67.8. The van der Waals surface area contributed by atoms with E-state index in [9.17, 15) is 43.2 Å². The van der Waals surface area contributed by atoms with Crippen molar-refractivity contribution in [2.45, 2.75) is 317 Å². The van der Waals surface area contributed by atoms with Gasteiger partial charge in [0, 0.05) is 25.7 Å². The highest BCUT2D eigenvalue weighted by Crippen LogP contribution is 2.45. The van der Waals surface area contributed by atoms with E-state index in [4.69, 9.17) is 37.0 Å². The van der Waals surface area contributed by atoms with Gasteiger partial charge in [-0.1, -0.05) is 247 Å². The molecule has 17 nitrogen and oxygen atoms in total. The van der Waals surface area contributed by atoms with Crippen molar-refractivity contribution in [1.29, 1.82) is 0 Å². The smallest absolute Gasteiger partial charge is 0.462 e. The van der Waals surface area contributed by atoms with Gasteiger partial charge in [-0.2, -0.15) is 0 Å². The predicted octanol–water partition coefficient (Wildman–Crippen LogP) is 16.5. The topological polar surface area (TPSA) is 237 Å². The van der Waals surface area contributed by atoms with E-state index in [1.54, 1.807) is 0 Å². The molecule has 474 valence electrons. The summed E-state index contributed by atoms with van der Waals surface area (Å²) in [5.41, 5.74) is 0. The van der Waals surface area contributed by atoms with Gasteiger partial charge < -0.3 is 33.8 Å². The van der Waals surface area contributed by atoms with Crippen molar-refractivity contribution in [3.63, 3.8) is 0 Å². The van der Waals surface area contributed by atoms with Crippen LogP contribution in [0.25, 0.3) is 0 Å². The number of unbranched alkanes of at least 4 members (excludes halogenated alkanes) is 30. The van der Waals surface area contributed by atoms with E-state index in [1.165, 1.54) is 109 Å². The molecule has 0 fully saturated rings. The number of phosphoric acid groups is 2. The third-order valence-corrected chi connectivity index (χ3v) is 15.9. The van der Waals surface area contributed by atoms with Crippen molar-refractivity contribution in [2.75, 3.05) is 39.6 Å². The second kappa shape index (κ2) is 53.8. The van der Waals surface area contributed by atoms with Gasteiger partial charge in [-0.25, -0.2) is 9.13 Å². The highest BCUT2D eigenvalue weighted by Gasteiger charge is 2.30. The molecule has 0 saturated heterocycles. The molecule has 0 radical (unpaired) electrons. The number of hydrogen-bond donors (Lipinski definition) is 3. The number of hydrogen-bond acceptors (Lipinski definition) is 15. The molecule has 0 aromatic heterocycles. The molecule has 0 rings (SSSR count). The number of ether oxygens (including phenoxy) is 4. The summed E-state index contributed by atoms with van der Waals surface area (Å²) in [6.45, 7) is 9.33. The van der Waals surface area contributed by atoms with Crippen LogP contribution in [0.5, 0.6) is 0 Å². The molecule has 0 spiro atoms. The van der Waals surface area contributed by atoms with Gasteiger partial charge in [-0.05, 0) is 37.5 Å². The van der Waals surface area contributed by atoms with Gasteiger partial charge in [0.2, 0.25) is 0 Å². The maximum atomic E-state index is 12.9. The van der Waals surface area contributed by atoms with Crippen LogP contribution in [0.4, 0.5) is 0 Å². The van der Waals surface area contributed by atoms with Crippen molar-refractivity contribution in [1.82, 2.24) is 0 Å². The van der Waals surface area contributed by atoms with Crippen LogP contribution in [0, 0.1) is 11.8 Å². The molecule has 2 unspecified atom stereocenters. The molecule has 0 aliphatic heterocycles. The fraction of sp³-hybridized carbons (Fsp3) is 0.934. The van der Waals surface area contributed by atoms with Crippen LogP contribution in [0.1, 0.15) is 298 Å². The van der Waals surface area contributed by atoms with Gasteiger partial charge in [-0.3, -0.25) is 37.3 Å². The Morgan fingerprint density at radius 3 is 0.850 bits per heavy atom. The number of aliphatic hydroxyl groups is 1. The first kappa shape index (κ1) is 78.1. The van der Waals surface area contributed by atoms with Gasteiger partial charge in [-0.15, -0.1) is 0 Å². The first-order valence-electron chi connectivity index (χ1n) is 32.0. The van der Waals surface area contributed by atoms with Crippen LogP contribution >= 0.6 is 15.6 Å². The fourth-order valence-corrected chi connectivity index (χ4v) is 10.6. The molecular formula is C61H118O17P2. The Morgan fingerprint density at radius 1 is 0.338 bits per heavy atom. The number of phosphoric ester groups is 2. The summed E-state index contributed by atoms with van der Waals surface area (Å²) in [7, 11) is -9.88. The van der Waals surface area contributed by atoms with Gasteiger partial charge in [0.25, 0.3) is 0 Å². The van der Waals surface area contributed by atoms with E-state index in [0.29, 0.717) is 37.5 Å². The third kappa shape index (κ3) is 55.3. The van der Waals surface area contributed by atoms with Gasteiger partial charge in [0.1, 0.15) is 19.3 Å². The van der Waals surface area contributed by atoms with Crippen molar-refractivity contribution in [3.8, 4) is 0 Å². The van der Waals surface area contributed by atoms with Crippen LogP contribution in [0.3, 0.4) is 0 Å². The standard InChI is InChI=1S/C61H118O17P2/c1-7-9-11-13-15-17-18-20-26-33-39-45-60(65)77-56(50-72-59(64)44-38-32-27-21-23-29-35-41-53(3)4)51-75-79(67,68)73-47-55(62)48-74-80(69,70)76-52-57(49-71-58(63)43-37-31-25-19-16-14-12-10-8-2)78-61(66)46-40-34-28-22-24-30-36-42-54(5)6/h53-57,62H,7-52H2,1-6H3,(H,67,68)(H,69,70)/t55-,56-,57-/m1/s1. The van der Waals surface area contributed by atoms with E-state index in [1.807, 2.05) is 0 Å². The zero-order chi connectivity index (χ0) is 59.4. The van der Waals surface area contributed by atoms with Crippen molar-refractivity contribution >= 4 is 39.5 Å². The lowest BCUT2D eigenvalue weighted by molar-refractivity contribution is -0.161. The minimum absolute atomic E-state index is 0.103. The van der Waals surface area contributed by atoms with E-state index in [2.05, 4.69) is 41.5 Å². The summed E-state index contributed by atoms with van der Waals surface area (Å²) in [4.78, 5) is 72.0. The Labute approximate surface area is 486 Å². The second-order valence-electron chi connectivity index (χ2n) is 23.0. The number of esters is 4. The van der Waals surface area contributed by atoms with Gasteiger partial charge >= 0.3 is 39.5 Å². The van der Waals surface area contributed by atoms with Gasteiger partial charge in [0.15, 0.2) is 12.2 Å². The van der Waals surface area contributed by atoms with Crippen LogP contribution in [-0.2, 0) is 65.4 Å². The Balaban J connectivity index is 5.24. The largest absolute Gasteiger partial charge is 0.472 e. The highest BCUT2D eigenvalue weighted by molar-refractivity contribution is 7.47. The minimum Gasteiger partial charge on any atom is -0.462 e. The van der Waals surface area contributed by atoms with Crippen molar-refractivity contribution in [3.05, 3.63) is 0 Å². The van der Waals surface area contributed by atoms with Crippen LogP contribution in [0.15, 0.2) is 0 Å². The average molecular weight is 1190 g/mol. The summed E-state index contributed by atoms with van der Waals surface area (Å²) in [6, 6.07) is 0. The molecule has 80 heavy (non-hydrogen) atoms. The zero-order valence-electron chi connectivity index (χ0n) is 51.4. The van der Waals surface area contributed by atoms with Crippen molar-refractivity contribution < 1.29 is 80.2 Å². The number of rotatable bonds is 60. The maximum Gasteiger partial charge on any atom is 0.472 e. The molecule has 0 aromatic carbocycles. The SMILES string of the molecule is CCCCCCCCCCCCCC(=O)O[C@H](COC(=O)CCCCCCCCCC(C)C)COP(=O)(O)OC[C@@H](O)COP(=O)(O)OC[C@@H](COC(=O)CCCCCCCCCCC)OC(=O)CCCCCCCCCC(C)C. The molecule has 0 heterocycles. The number of carbonyl (C=O) groups excluding carboxylic acids is 4. The molecule has 5 atom stereocenters. The zero-order valence-corrected chi connectivity index (χ0v) is 53.2. The molecular weight excluding hydrogens is 1070 g/mol. The predicted molar refractivity (Wildman–Crippen MR) is 317 cm³/mol. The first-order chi connectivity index (χ1) is 38.4. The third-order valence-electron chi connectivity index (χ3n) is 14.0. The first-order valence-corrected chi connectivity index (χ1v) is 35.0. The molecule has 3 N–H and O–H groups in total. The summed E-state index contributed by atoms with van der Waals surface area (Å²) in [5, 5.41) is 10.5. The fourth-order valence-electron chi connectivity index (χ4n) is 9.00. The van der Waals surface area contributed by atoms with E-state index < -0.39 is 97.5 Å². The molecule has 0 aromatic rings. The lowest BCUT2D eigenvalue weighted by Gasteiger charge is -2.21. The molecule has 0 saturated carbocycles. The minimum atomic E-state index is -4.94. The normalized spacial score (nSPS) is 14.4. The highest BCUT2D eigenvalue weighted by atomic mass is 31.2. The summed E-state index contributed by atoms with van der Waals surface area (Å²) in [6.07, 6.45) is 34.9. The lowest BCUT2D eigenvalue weighted by atomic mass is 10.0.